The van der Waals surface area contributed by atoms with Crippen LogP contribution in [-0.2, 0) is 19.6 Å². The monoisotopic (exact) mass is 675 g/mol. The second-order valence-electron chi connectivity index (χ2n) is 7.37. The fraction of sp³-hybridized carbons (Fsp3) is 0.812. The Labute approximate surface area is 214 Å². The van der Waals surface area contributed by atoms with Gasteiger partial charge in [-0.2, -0.15) is 91.8 Å². The van der Waals surface area contributed by atoms with Gasteiger partial charge in [0.25, 0.3) is 0 Å². The summed E-state index contributed by atoms with van der Waals surface area (Å²) in [5.41, 5.74) is -2.94. The van der Waals surface area contributed by atoms with Crippen LogP contribution in [0.3, 0.4) is 0 Å². The van der Waals surface area contributed by atoms with Crippen LogP contribution in [0, 0.1) is 0 Å². The highest BCUT2D eigenvalue weighted by Crippen LogP contribution is 2.64. The fourth-order valence-electron chi connectivity index (χ4n) is 2.48. The quantitative estimate of drug-likeness (QED) is 0.124. The highest BCUT2D eigenvalue weighted by Gasteiger charge is 2.96. The number of alkyl halides is 17. The molecule has 0 aliphatic rings. The van der Waals surface area contributed by atoms with Crippen LogP contribution in [0.1, 0.15) is 20.3 Å². The van der Waals surface area contributed by atoms with Crippen molar-refractivity contribution in [2.24, 2.45) is 0 Å². The van der Waals surface area contributed by atoms with Crippen LogP contribution in [0.5, 0.6) is 0 Å². The van der Waals surface area contributed by atoms with Gasteiger partial charge < -0.3 is 4.74 Å². The molecule has 0 spiro atoms. The zero-order valence-corrected chi connectivity index (χ0v) is 20.1. The number of sulfonamides is 1. The number of esters is 1. The third-order valence-corrected chi connectivity index (χ3v) is 6.48. The van der Waals surface area contributed by atoms with Crippen LogP contribution in [-0.4, -0.2) is 78.8 Å². The fourth-order valence-corrected chi connectivity index (χ4v) is 4.01. The van der Waals surface area contributed by atoms with Crippen LogP contribution in [0.2, 0.25) is 0 Å². The first-order valence-electron chi connectivity index (χ1n) is 9.71. The van der Waals surface area contributed by atoms with E-state index in [0.29, 0.717) is 6.92 Å². The topological polar surface area (TPSA) is 63.7 Å². The Morgan fingerprint density at radius 2 is 0.976 bits per heavy atom. The predicted molar refractivity (Wildman–Crippen MR) is 92.5 cm³/mol. The van der Waals surface area contributed by atoms with Gasteiger partial charge in [0.2, 0.25) is 5.70 Å². The van der Waals surface area contributed by atoms with Gasteiger partial charge in [-0.3, -0.25) is 4.31 Å². The van der Waals surface area contributed by atoms with Gasteiger partial charge in [-0.25, -0.2) is 4.79 Å². The van der Waals surface area contributed by atoms with E-state index in [1.165, 1.54) is 0 Å². The smallest absolute Gasteiger partial charge is 0.460 e. The summed E-state index contributed by atoms with van der Waals surface area (Å²) in [7, 11) is -8.17. The SMILES string of the molecule is CCCN(C(C(=O)OCC)=C(F)F)S(=O)(=O)C(F)(F)C(F)(F)C(F)(F)C(F)(F)C(F)(F)C(F)(F)C(F)(F)C(F)(F)F. The number of carbonyl (C=O) groups is 1. The maximum atomic E-state index is 14.4. The van der Waals surface area contributed by atoms with Crippen molar-refractivity contribution in [2.45, 2.75) is 67.2 Å². The van der Waals surface area contributed by atoms with Crippen molar-refractivity contribution in [2.75, 3.05) is 13.2 Å². The van der Waals surface area contributed by atoms with Gasteiger partial charge in [0, 0.05) is 6.54 Å². The minimum atomic E-state index is -9.10. The molecule has 0 aromatic carbocycles. The predicted octanol–water partition coefficient (Wildman–Crippen LogP) is 6.67. The van der Waals surface area contributed by atoms with E-state index in [4.69, 9.17) is 0 Å². The molecule has 0 radical (unpaired) electrons. The first-order chi connectivity index (χ1) is 17.8. The molecule has 25 heteroatoms. The van der Waals surface area contributed by atoms with E-state index in [9.17, 15) is 96.6 Å². The lowest BCUT2D eigenvalue weighted by Crippen LogP contribution is -2.75. The van der Waals surface area contributed by atoms with Gasteiger partial charge in [-0.15, -0.1) is 0 Å². The molecule has 0 rings (SSSR count). The number of ether oxygens (including phenoxy) is 1. The Hall–Kier alpha value is -2.37. The summed E-state index contributed by atoms with van der Waals surface area (Å²) in [6.45, 7) is -1.58. The Morgan fingerprint density at radius 3 is 1.27 bits per heavy atom. The maximum Gasteiger partial charge on any atom is 0.460 e. The normalized spacial score (nSPS) is 15.0. The number of carbonyl (C=O) groups excluding carboxylic acids is 1. The van der Waals surface area contributed by atoms with Crippen molar-refractivity contribution in [3.05, 3.63) is 11.8 Å². The molecule has 5 nitrogen and oxygen atoms in total. The van der Waals surface area contributed by atoms with Crippen molar-refractivity contribution in [3.63, 3.8) is 0 Å². The van der Waals surface area contributed by atoms with E-state index in [-0.39, 0.29) is 0 Å². The van der Waals surface area contributed by atoms with Crippen LogP contribution < -0.4 is 0 Å². The Kier molecular flexibility index (Phi) is 10.4. The first-order valence-corrected chi connectivity index (χ1v) is 11.2. The molecule has 41 heavy (non-hydrogen) atoms. The molecule has 0 bridgehead atoms. The lowest BCUT2D eigenvalue weighted by Gasteiger charge is -2.43. The van der Waals surface area contributed by atoms with Crippen LogP contribution in [0.15, 0.2) is 11.8 Å². The molecule has 0 aromatic rings. The van der Waals surface area contributed by atoms with Gasteiger partial charge in [0.05, 0.1) is 6.61 Å². The third kappa shape index (κ3) is 5.45. The molecular weight excluding hydrogens is 663 g/mol. The van der Waals surface area contributed by atoms with Gasteiger partial charge in [0.1, 0.15) is 0 Å². The lowest BCUT2D eigenvalue weighted by molar-refractivity contribution is -0.458. The molecule has 0 heterocycles. The van der Waals surface area contributed by atoms with Crippen molar-refractivity contribution in [3.8, 4) is 0 Å². The molecule has 0 unspecified atom stereocenters. The van der Waals surface area contributed by atoms with Crippen molar-refractivity contribution in [1.29, 1.82) is 0 Å². The number of halogens is 19. The molecule has 244 valence electrons. The molecule has 0 aliphatic heterocycles. The summed E-state index contributed by atoms with van der Waals surface area (Å²) in [6.07, 6.45) is -12.8. The van der Waals surface area contributed by atoms with E-state index in [1.54, 1.807) is 0 Å². The molecule has 0 atom stereocenters. The largest absolute Gasteiger partial charge is 0.461 e. The molecule has 0 aliphatic carbocycles. The Bertz CT molecular complexity index is 1110. The van der Waals surface area contributed by atoms with E-state index < -0.39 is 98.6 Å². The highest BCUT2D eigenvalue weighted by molar-refractivity contribution is 7.90. The van der Waals surface area contributed by atoms with E-state index >= 15 is 0 Å². The van der Waals surface area contributed by atoms with Gasteiger partial charge in [0.15, 0.2) is 0 Å². The highest BCUT2D eigenvalue weighted by atomic mass is 32.2. The molecular formula is C16H12F19NO4S. The summed E-state index contributed by atoms with van der Waals surface area (Å²) in [5.74, 6) is -55.8. The zero-order valence-electron chi connectivity index (χ0n) is 19.3. The van der Waals surface area contributed by atoms with Gasteiger partial charge in [-0.05, 0) is 13.3 Å². The first kappa shape index (κ1) is 38.6. The standard InChI is InChI=1S/C16H12F19NO4S/c1-3-5-36(6(7(17)18)8(37)40-4-2)41(38,39)16(34,35)14(29,30)12(25,26)10(21,22)9(19,20)11(23,24)13(27,28)15(31,32)33/h3-5H2,1-2H3. The lowest BCUT2D eigenvalue weighted by atomic mass is 9.91. The van der Waals surface area contributed by atoms with Crippen LogP contribution >= 0.6 is 0 Å². The summed E-state index contributed by atoms with van der Waals surface area (Å²) >= 11 is 0. The van der Waals surface area contributed by atoms with Crippen LogP contribution in [0.4, 0.5) is 83.4 Å². The number of rotatable bonds is 13. The zero-order chi connectivity index (χ0) is 33.6. The molecule has 0 fully saturated rings. The van der Waals surface area contributed by atoms with E-state index in [2.05, 4.69) is 4.74 Å². The number of nitrogens with zero attached hydrogens (tertiary/aromatic N) is 1. The molecule has 0 N–H and O–H groups in total. The summed E-state index contributed by atoms with van der Waals surface area (Å²) in [4.78, 5) is 11.6. The Morgan fingerprint density at radius 1 is 0.634 bits per heavy atom. The summed E-state index contributed by atoms with van der Waals surface area (Å²) in [6, 6.07) is 0. The second kappa shape index (κ2) is 11.0. The molecule has 0 aromatic heterocycles. The second-order valence-corrected chi connectivity index (χ2v) is 9.27. The number of hydrogen-bond donors (Lipinski definition) is 0. The van der Waals surface area contributed by atoms with Crippen LogP contribution in [0.25, 0.3) is 0 Å². The van der Waals surface area contributed by atoms with Crippen molar-refractivity contribution < 1.29 is 101 Å². The molecule has 0 amide bonds. The van der Waals surface area contributed by atoms with Crippen molar-refractivity contribution in [1.82, 2.24) is 4.31 Å². The van der Waals surface area contributed by atoms with E-state index in [1.807, 2.05) is 0 Å². The van der Waals surface area contributed by atoms with Gasteiger partial charge >= 0.3 is 69.0 Å². The van der Waals surface area contributed by atoms with E-state index in [0.717, 1.165) is 6.92 Å². The summed E-state index contributed by atoms with van der Waals surface area (Å²) < 4.78 is 281. The molecule has 0 saturated carbocycles. The average Bonchev–Trinajstić information content (AvgIpc) is 2.76. The number of hydrogen-bond acceptors (Lipinski definition) is 4. The van der Waals surface area contributed by atoms with Gasteiger partial charge in [-0.1, -0.05) is 6.92 Å². The minimum Gasteiger partial charge on any atom is -0.461 e. The Balaban J connectivity index is 7.41. The third-order valence-electron chi connectivity index (χ3n) is 4.63. The maximum absolute atomic E-state index is 14.4. The average molecular weight is 675 g/mol. The minimum absolute atomic E-state index is 0.643. The van der Waals surface area contributed by atoms with Crippen molar-refractivity contribution >= 4 is 16.0 Å². The summed E-state index contributed by atoms with van der Waals surface area (Å²) in [5, 5.41) is -8.12. The molecule has 0 saturated heterocycles.